The van der Waals surface area contributed by atoms with Gasteiger partial charge in [0.15, 0.2) is 5.13 Å². The van der Waals surface area contributed by atoms with Crippen molar-refractivity contribution in [2.75, 3.05) is 5.32 Å². The number of nitrogens with one attached hydrogen (secondary N) is 1. The highest BCUT2D eigenvalue weighted by Gasteiger charge is 2.31. The fourth-order valence-corrected chi connectivity index (χ4v) is 2.28. The van der Waals surface area contributed by atoms with Gasteiger partial charge in [0.2, 0.25) is 5.91 Å². The lowest BCUT2D eigenvalue weighted by Gasteiger charge is -2.08. The predicted octanol–water partition coefficient (Wildman–Crippen LogP) is 3.93. The summed E-state index contributed by atoms with van der Waals surface area (Å²) in [6, 6.07) is 2.20. The monoisotopic (exact) mass is 304 g/mol. The van der Waals surface area contributed by atoms with Crippen LogP contribution in [0.15, 0.2) is 23.6 Å². The third-order valence-electron chi connectivity index (χ3n) is 2.31. The van der Waals surface area contributed by atoms with Crippen molar-refractivity contribution in [1.82, 2.24) is 4.98 Å². The van der Waals surface area contributed by atoms with Gasteiger partial charge in [-0.25, -0.2) is 9.37 Å². The number of aromatic nitrogens is 1. The first-order valence-electron chi connectivity index (χ1n) is 5.37. The van der Waals surface area contributed by atoms with Crippen molar-refractivity contribution >= 4 is 22.4 Å². The van der Waals surface area contributed by atoms with Crippen molar-refractivity contribution in [3.63, 3.8) is 0 Å². The number of carbonyl (C=O) groups is 1. The zero-order valence-corrected chi connectivity index (χ0v) is 10.9. The van der Waals surface area contributed by atoms with Gasteiger partial charge in [0.05, 0.1) is 11.3 Å². The Morgan fingerprint density at radius 1 is 1.30 bits per heavy atom. The van der Waals surface area contributed by atoms with Crippen molar-refractivity contribution in [1.29, 1.82) is 0 Å². The van der Waals surface area contributed by atoms with Crippen molar-refractivity contribution in [3.05, 3.63) is 35.0 Å². The molecule has 0 spiro atoms. The normalized spacial score (nSPS) is 11.4. The maximum atomic E-state index is 13.3. The van der Waals surface area contributed by atoms with E-state index in [0.29, 0.717) is 6.07 Å². The summed E-state index contributed by atoms with van der Waals surface area (Å²) in [5.74, 6) is -1.34. The van der Waals surface area contributed by atoms with Crippen LogP contribution < -0.4 is 5.32 Å². The van der Waals surface area contributed by atoms with E-state index in [0.717, 1.165) is 23.5 Å². The Morgan fingerprint density at radius 3 is 2.60 bits per heavy atom. The van der Waals surface area contributed by atoms with Crippen LogP contribution in [0, 0.1) is 5.82 Å². The molecule has 1 N–H and O–H groups in total. The molecule has 1 aromatic heterocycles. The first-order chi connectivity index (χ1) is 9.25. The summed E-state index contributed by atoms with van der Waals surface area (Å²) in [5, 5.41) is 4.09. The van der Waals surface area contributed by atoms with Gasteiger partial charge in [-0.15, -0.1) is 11.3 Å². The van der Waals surface area contributed by atoms with Gasteiger partial charge in [0, 0.05) is 17.9 Å². The van der Waals surface area contributed by atoms with Gasteiger partial charge >= 0.3 is 6.18 Å². The van der Waals surface area contributed by atoms with Crippen LogP contribution in [0.3, 0.4) is 0 Å². The Kier molecular flexibility index (Phi) is 3.76. The molecule has 106 valence electrons. The molecule has 0 fully saturated rings. The molecule has 1 heterocycles. The average Bonchev–Trinajstić information content (AvgIpc) is 2.74. The number of thiazole rings is 1. The average molecular weight is 304 g/mol. The van der Waals surface area contributed by atoms with Crippen molar-refractivity contribution in [2.45, 2.75) is 13.1 Å². The maximum absolute atomic E-state index is 13.3. The summed E-state index contributed by atoms with van der Waals surface area (Å²) >= 11 is 1.05. The van der Waals surface area contributed by atoms with Crippen molar-refractivity contribution in [3.8, 4) is 11.3 Å². The fraction of sp³-hybridized carbons (Fsp3) is 0.167. The van der Waals surface area contributed by atoms with E-state index < -0.39 is 17.6 Å². The predicted molar refractivity (Wildman–Crippen MR) is 66.8 cm³/mol. The van der Waals surface area contributed by atoms with Crippen molar-refractivity contribution in [2.24, 2.45) is 0 Å². The lowest BCUT2D eigenvalue weighted by Crippen LogP contribution is -2.06. The minimum absolute atomic E-state index is 0.00479. The molecular formula is C12H8F4N2OS. The fourth-order valence-electron chi connectivity index (χ4n) is 1.52. The molecule has 0 aliphatic carbocycles. The van der Waals surface area contributed by atoms with Gasteiger partial charge in [0.1, 0.15) is 5.82 Å². The number of hydrogen-bond acceptors (Lipinski definition) is 3. The molecule has 3 nitrogen and oxygen atoms in total. The molecule has 0 aliphatic heterocycles. The summed E-state index contributed by atoms with van der Waals surface area (Å²) in [4.78, 5) is 14.8. The Hall–Kier alpha value is -1.96. The molecule has 0 bridgehead atoms. The van der Waals surface area contributed by atoms with Crippen LogP contribution in [-0.2, 0) is 11.0 Å². The summed E-state index contributed by atoms with van der Waals surface area (Å²) in [7, 11) is 0. The quantitative estimate of drug-likeness (QED) is 0.854. The number of rotatable bonds is 2. The van der Waals surface area contributed by atoms with Crippen LogP contribution in [0.2, 0.25) is 0 Å². The first-order valence-corrected chi connectivity index (χ1v) is 6.25. The van der Waals surface area contributed by atoms with E-state index in [9.17, 15) is 22.4 Å². The number of anilines is 1. The summed E-state index contributed by atoms with van der Waals surface area (Å²) in [6.07, 6.45) is -4.63. The molecule has 2 aromatic rings. The molecule has 1 amide bonds. The van der Waals surface area contributed by atoms with E-state index in [-0.39, 0.29) is 22.3 Å². The highest BCUT2D eigenvalue weighted by Crippen LogP contribution is 2.33. The summed E-state index contributed by atoms with van der Waals surface area (Å²) in [6.45, 7) is 1.28. The van der Waals surface area contributed by atoms with E-state index in [1.165, 1.54) is 12.3 Å². The minimum Gasteiger partial charge on any atom is -0.302 e. The molecule has 0 aliphatic rings. The van der Waals surface area contributed by atoms with Crippen molar-refractivity contribution < 1.29 is 22.4 Å². The number of alkyl halides is 3. The number of hydrogen-bond donors (Lipinski definition) is 1. The van der Waals surface area contributed by atoms with Gasteiger partial charge in [-0.2, -0.15) is 13.2 Å². The largest absolute Gasteiger partial charge is 0.416 e. The second-order valence-electron chi connectivity index (χ2n) is 3.95. The van der Waals surface area contributed by atoms with Crippen LogP contribution >= 0.6 is 11.3 Å². The molecule has 8 heteroatoms. The molecule has 2 rings (SSSR count). The lowest BCUT2D eigenvalue weighted by atomic mass is 10.1. The third kappa shape index (κ3) is 3.32. The standard InChI is InChI=1S/C12H8F4N2OS/c1-6(19)17-11-18-10(5-20-11)7-2-8(12(14,15)16)4-9(13)3-7/h2-5H,1H3,(H,17,18,19). The number of nitrogens with zero attached hydrogens (tertiary/aromatic N) is 1. The van der Waals surface area contributed by atoms with Gasteiger partial charge in [-0.1, -0.05) is 0 Å². The van der Waals surface area contributed by atoms with Gasteiger partial charge < -0.3 is 5.32 Å². The minimum atomic E-state index is -4.63. The van der Waals surface area contributed by atoms with E-state index in [2.05, 4.69) is 10.3 Å². The van der Waals surface area contributed by atoms with Gasteiger partial charge in [0.25, 0.3) is 0 Å². The highest BCUT2D eigenvalue weighted by molar-refractivity contribution is 7.14. The van der Waals surface area contributed by atoms with E-state index in [4.69, 9.17) is 0 Å². The molecule has 1 aromatic carbocycles. The number of halogens is 4. The molecule has 0 radical (unpaired) electrons. The second-order valence-corrected chi connectivity index (χ2v) is 4.80. The third-order valence-corrected chi connectivity index (χ3v) is 3.07. The molecule has 0 saturated carbocycles. The first kappa shape index (κ1) is 14.4. The molecule has 20 heavy (non-hydrogen) atoms. The van der Waals surface area contributed by atoms with E-state index in [1.54, 1.807) is 0 Å². The maximum Gasteiger partial charge on any atom is 0.416 e. The second kappa shape index (κ2) is 5.20. The number of amides is 1. The van der Waals surface area contributed by atoms with Crippen LogP contribution in [-0.4, -0.2) is 10.9 Å². The van der Waals surface area contributed by atoms with Crippen LogP contribution in [0.1, 0.15) is 12.5 Å². The molecule has 0 saturated heterocycles. The number of carbonyl (C=O) groups excluding carboxylic acids is 1. The summed E-state index contributed by atoms with van der Waals surface area (Å²) < 4.78 is 51.1. The van der Waals surface area contributed by atoms with Crippen LogP contribution in [0.25, 0.3) is 11.3 Å². The topological polar surface area (TPSA) is 42.0 Å². The Labute approximate surface area is 115 Å². The number of benzene rings is 1. The van der Waals surface area contributed by atoms with Gasteiger partial charge in [-0.3, -0.25) is 4.79 Å². The van der Waals surface area contributed by atoms with E-state index in [1.807, 2.05) is 0 Å². The van der Waals surface area contributed by atoms with Gasteiger partial charge in [-0.05, 0) is 18.2 Å². The Morgan fingerprint density at radius 2 is 2.00 bits per heavy atom. The van der Waals surface area contributed by atoms with Crippen LogP contribution in [0.4, 0.5) is 22.7 Å². The smallest absolute Gasteiger partial charge is 0.302 e. The highest BCUT2D eigenvalue weighted by atomic mass is 32.1. The summed E-state index contributed by atoms with van der Waals surface area (Å²) in [5.41, 5.74) is -0.907. The SMILES string of the molecule is CC(=O)Nc1nc(-c2cc(F)cc(C(F)(F)F)c2)cs1. The molecular weight excluding hydrogens is 296 g/mol. The zero-order chi connectivity index (χ0) is 14.9. The lowest BCUT2D eigenvalue weighted by molar-refractivity contribution is -0.137. The van der Waals surface area contributed by atoms with E-state index >= 15 is 0 Å². The Balaban J connectivity index is 2.40. The molecule has 0 atom stereocenters. The zero-order valence-electron chi connectivity index (χ0n) is 10.1. The molecule has 0 unspecified atom stereocenters. The Bertz CT molecular complexity index is 651. The van der Waals surface area contributed by atoms with Crippen LogP contribution in [0.5, 0.6) is 0 Å².